The first-order valence-corrected chi connectivity index (χ1v) is 6.56. The molecule has 1 N–H and O–H groups in total. The molecule has 0 spiro atoms. The van der Waals surface area contributed by atoms with E-state index in [0.29, 0.717) is 11.6 Å². The van der Waals surface area contributed by atoms with Crippen molar-refractivity contribution in [2.24, 2.45) is 0 Å². The van der Waals surface area contributed by atoms with E-state index in [0.717, 1.165) is 22.7 Å². The van der Waals surface area contributed by atoms with Crippen LogP contribution < -0.4 is 10.1 Å². The van der Waals surface area contributed by atoms with Crippen LogP contribution in [-0.2, 0) is 0 Å². The number of pyridine rings is 1. The van der Waals surface area contributed by atoms with E-state index in [1.807, 2.05) is 50.2 Å². The van der Waals surface area contributed by atoms with Gasteiger partial charge in [0.15, 0.2) is 0 Å². The Morgan fingerprint density at radius 3 is 2.63 bits per heavy atom. The fraction of sp³-hybridized carbons (Fsp3) is 0.200. The van der Waals surface area contributed by atoms with Crippen LogP contribution in [0.5, 0.6) is 5.75 Å². The highest BCUT2D eigenvalue weighted by molar-refractivity contribution is 7.81. The number of aromatic nitrogens is 1. The van der Waals surface area contributed by atoms with E-state index in [1.54, 1.807) is 6.20 Å². The maximum atomic E-state index is 5.39. The minimum absolute atomic E-state index is 0.618. The summed E-state index contributed by atoms with van der Waals surface area (Å²) in [5.74, 6) is 0.854. The summed E-state index contributed by atoms with van der Waals surface area (Å²) >= 11 is 5.34. The third-order valence-corrected chi connectivity index (χ3v) is 2.88. The van der Waals surface area contributed by atoms with Crippen LogP contribution in [0, 0.1) is 6.92 Å². The quantitative estimate of drug-likeness (QED) is 0.863. The van der Waals surface area contributed by atoms with Crippen LogP contribution in [0.4, 0.5) is 5.69 Å². The summed E-state index contributed by atoms with van der Waals surface area (Å²) in [6.45, 7) is 4.65. The molecule has 98 valence electrons. The van der Waals surface area contributed by atoms with Gasteiger partial charge in [-0.25, -0.2) is 0 Å². The number of rotatable bonds is 4. The monoisotopic (exact) mass is 272 g/mol. The van der Waals surface area contributed by atoms with Crippen molar-refractivity contribution in [2.45, 2.75) is 13.8 Å². The highest BCUT2D eigenvalue weighted by Crippen LogP contribution is 2.16. The number of hydrogen-bond acceptors (Lipinski definition) is 3. The van der Waals surface area contributed by atoms with Crippen molar-refractivity contribution < 1.29 is 4.74 Å². The standard InChI is InChI=1S/C15H16N2OS/c1-3-18-13-6-4-12(5-7-13)17-15(19)14-10-11(2)8-9-16-14/h4-10H,3H2,1-2H3,(H,17,19). The number of thiocarbonyl (C=S) groups is 1. The summed E-state index contributed by atoms with van der Waals surface area (Å²) in [7, 11) is 0. The fourth-order valence-corrected chi connectivity index (χ4v) is 1.89. The van der Waals surface area contributed by atoms with Gasteiger partial charge in [0.2, 0.25) is 0 Å². The summed E-state index contributed by atoms with van der Waals surface area (Å²) in [6.07, 6.45) is 1.76. The minimum Gasteiger partial charge on any atom is -0.494 e. The molecule has 1 aromatic carbocycles. The maximum absolute atomic E-state index is 5.39. The predicted molar refractivity (Wildman–Crippen MR) is 81.9 cm³/mol. The molecule has 0 bridgehead atoms. The first kappa shape index (κ1) is 13.5. The fourth-order valence-electron chi connectivity index (χ4n) is 1.66. The molecule has 1 heterocycles. The van der Waals surface area contributed by atoms with Gasteiger partial charge in [0.05, 0.1) is 12.3 Å². The number of nitrogens with one attached hydrogen (secondary N) is 1. The molecule has 0 radical (unpaired) electrons. The molecule has 2 rings (SSSR count). The van der Waals surface area contributed by atoms with E-state index in [2.05, 4.69) is 10.3 Å². The molecular formula is C15H16N2OS. The molecule has 1 aromatic heterocycles. The lowest BCUT2D eigenvalue weighted by atomic mass is 10.2. The van der Waals surface area contributed by atoms with Crippen LogP contribution in [0.3, 0.4) is 0 Å². The topological polar surface area (TPSA) is 34.1 Å². The summed E-state index contributed by atoms with van der Waals surface area (Å²) in [5, 5.41) is 3.17. The van der Waals surface area contributed by atoms with Crippen molar-refractivity contribution in [3.63, 3.8) is 0 Å². The summed E-state index contributed by atoms with van der Waals surface area (Å²) in [6, 6.07) is 11.6. The van der Waals surface area contributed by atoms with Gasteiger partial charge >= 0.3 is 0 Å². The lowest BCUT2D eigenvalue weighted by Crippen LogP contribution is -2.12. The number of benzene rings is 1. The maximum Gasteiger partial charge on any atom is 0.129 e. The van der Waals surface area contributed by atoms with Crippen LogP contribution in [0.2, 0.25) is 0 Å². The van der Waals surface area contributed by atoms with Gasteiger partial charge in [0.1, 0.15) is 10.7 Å². The van der Waals surface area contributed by atoms with Gasteiger partial charge in [-0.1, -0.05) is 12.2 Å². The average Bonchev–Trinajstić information content (AvgIpc) is 2.41. The molecule has 4 heteroatoms. The smallest absolute Gasteiger partial charge is 0.129 e. The number of ether oxygens (including phenoxy) is 1. The Hall–Kier alpha value is -1.94. The third kappa shape index (κ3) is 3.76. The Morgan fingerprint density at radius 1 is 1.26 bits per heavy atom. The molecule has 0 fully saturated rings. The number of nitrogens with zero attached hydrogens (tertiary/aromatic N) is 1. The van der Waals surface area contributed by atoms with Crippen molar-refractivity contribution in [3.05, 3.63) is 53.9 Å². The average molecular weight is 272 g/mol. The van der Waals surface area contributed by atoms with Crippen molar-refractivity contribution in [1.82, 2.24) is 4.98 Å². The Balaban J connectivity index is 2.06. The summed E-state index contributed by atoms with van der Waals surface area (Å²) in [5.41, 5.74) is 2.85. The number of aryl methyl sites for hydroxylation is 1. The van der Waals surface area contributed by atoms with E-state index in [9.17, 15) is 0 Å². The molecule has 2 aromatic rings. The highest BCUT2D eigenvalue weighted by Gasteiger charge is 2.03. The molecule has 0 aliphatic rings. The first-order chi connectivity index (χ1) is 9.19. The first-order valence-electron chi connectivity index (χ1n) is 6.16. The lowest BCUT2D eigenvalue weighted by molar-refractivity contribution is 0.340. The minimum atomic E-state index is 0.618. The molecule has 19 heavy (non-hydrogen) atoms. The summed E-state index contributed by atoms with van der Waals surface area (Å²) < 4.78 is 5.39. The number of anilines is 1. The third-order valence-electron chi connectivity index (χ3n) is 2.57. The number of hydrogen-bond donors (Lipinski definition) is 1. The second kappa shape index (κ2) is 6.29. The van der Waals surface area contributed by atoms with Gasteiger partial charge < -0.3 is 10.1 Å². The zero-order chi connectivity index (χ0) is 13.7. The van der Waals surface area contributed by atoms with Gasteiger partial charge in [-0.05, 0) is 55.8 Å². The molecule has 0 atom stereocenters. The molecule has 0 aliphatic carbocycles. The van der Waals surface area contributed by atoms with Crippen LogP contribution in [0.15, 0.2) is 42.6 Å². The SMILES string of the molecule is CCOc1ccc(NC(=S)c2cc(C)ccn2)cc1. The second-order valence-corrected chi connectivity index (χ2v) is 4.54. The van der Waals surface area contributed by atoms with Crippen LogP contribution in [0.1, 0.15) is 18.2 Å². The van der Waals surface area contributed by atoms with Crippen molar-refractivity contribution in [3.8, 4) is 5.75 Å². The predicted octanol–water partition coefficient (Wildman–Crippen LogP) is 3.58. The van der Waals surface area contributed by atoms with Gasteiger partial charge in [0.25, 0.3) is 0 Å². The molecule has 0 unspecified atom stereocenters. The molecule has 0 saturated heterocycles. The van der Waals surface area contributed by atoms with E-state index in [-0.39, 0.29) is 0 Å². The van der Waals surface area contributed by atoms with Crippen LogP contribution >= 0.6 is 12.2 Å². The van der Waals surface area contributed by atoms with E-state index in [1.165, 1.54) is 0 Å². The van der Waals surface area contributed by atoms with Gasteiger partial charge in [0, 0.05) is 11.9 Å². The zero-order valence-electron chi connectivity index (χ0n) is 11.0. The normalized spacial score (nSPS) is 10.0. The van der Waals surface area contributed by atoms with Crippen LogP contribution in [0.25, 0.3) is 0 Å². The van der Waals surface area contributed by atoms with E-state index >= 15 is 0 Å². The Labute approximate surface area is 118 Å². The Bertz CT molecular complexity index is 567. The highest BCUT2D eigenvalue weighted by atomic mass is 32.1. The Kier molecular flexibility index (Phi) is 4.47. The van der Waals surface area contributed by atoms with Gasteiger partial charge in [-0.2, -0.15) is 0 Å². The van der Waals surface area contributed by atoms with E-state index < -0.39 is 0 Å². The second-order valence-electron chi connectivity index (χ2n) is 4.13. The van der Waals surface area contributed by atoms with Gasteiger partial charge in [-0.3, -0.25) is 4.98 Å². The summed E-state index contributed by atoms with van der Waals surface area (Å²) in [4.78, 5) is 4.87. The Morgan fingerprint density at radius 2 is 2.00 bits per heavy atom. The van der Waals surface area contributed by atoms with Crippen LogP contribution in [-0.4, -0.2) is 16.6 Å². The molecule has 3 nitrogen and oxygen atoms in total. The molecular weight excluding hydrogens is 256 g/mol. The zero-order valence-corrected chi connectivity index (χ0v) is 11.8. The largest absolute Gasteiger partial charge is 0.494 e. The van der Waals surface area contributed by atoms with Crippen molar-refractivity contribution >= 4 is 22.9 Å². The lowest BCUT2D eigenvalue weighted by Gasteiger charge is -2.09. The van der Waals surface area contributed by atoms with Crippen molar-refractivity contribution in [1.29, 1.82) is 0 Å². The van der Waals surface area contributed by atoms with Gasteiger partial charge in [-0.15, -0.1) is 0 Å². The molecule has 0 saturated carbocycles. The molecule has 0 amide bonds. The van der Waals surface area contributed by atoms with Crippen molar-refractivity contribution in [2.75, 3.05) is 11.9 Å². The molecule has 0 aliphatic heterocycles. The van der Waals surface area contributed by atoms with E-state index in [4.69, 9.17) is 17.0 Å².